The summed E-state index contributed by atoms with van der Waals surface area (Å²) in [6.07, 6.45) is 15.9. The number of hydrogen-bond donors (Lipinski definition) is 0. The summed E-state index contributed by atoms with van der Waals surface area (Å²) in [6, 6.07) is 8.48. The van der Waals surface area contributed by atoms with Crippen LogP contribution in [0.25, 0.3) is 11.3 Å². The van der Waals surface area contributed by atoms with Crippen molar-refractivity contribution in [2.24, 2.45) is 0 Å². The van der Waals surface area contributed by atoms with Gasteiger partial charge in [0.1, 0.15) is 5.69 Å². The van der Waals surface area contributed by atoms with Gasteiger partial charge in [0.2, 0.25) is 0 Å². The van der Waals surface area contributed by atoms with Crippen molar-refractivity contribution in [1.82, 2.24) is 15.1 Å². The van der Waals surface area contributed by atoms with Crippen LogP contribution in [0.3, 0.4) is 0 Å². The van der Waals surface area contributed by atoms with Crippen LogP contribution in [0, 0.1) is 13.8 Å². The van der Waals surface area contributed by atoms with Gasteiger partial charge in [-0.05, 0) is 37.5 Å². The molecule has 0 N–H and O–H groups in total. The van der Waals surface area contributed by atoms with Crippen LogP contribution in [0.2, 0.25) is 0 Å². The molecule has 2 rings (SSSR count). The van der Waals surface area contributed by atoms with E-state index in [1.807, 2.05) is 0 Å². The van der Waals surface area contributed by atoms with Crippen molar-refractivity contribution in [1.29, 1.82) is 0 Å². The van der Waals surface area contributed by atoms with E-state index in [2.05, 4.69) is 72.1 Å². The van der Waals surface area contributed by atoms with Gasteiger partial charge in [0.15, 0.2) is 0 Å². The van der Waals surface area contributed by atoms with Crippen LogP contribution in [0.5, 0.6) is 0 Å². The first-order valence-electron chi connectivity index (χ1n) is 12.4. The molecular weight excluding hydrogens is 368 g/mol. The van der Waals surface area contributed by atoms with Gasteiger partial charge in [-0.25, -0.2) is 0 Å². The number of hydrogen-bond acceptors (Lipinski definition) is 3. The minimum atomic E-state index is 1.02. The summed E-state index contributed by atoms with van der Waals surface area (Å²) >= 11 is 0. The Morgan fingerprint density at radius 1 is 0.733 bits per heavy atom. The topological polar surface area (TPSA) is 34.0 Å². The lowest BCUT2D eigenvalue weighted by atomic mass is 10.1. The Balaban J connectivity index is 2.00. The molecule has 0 radical (unpaired) electrons. The molecule has 0 bridgehead atoms. The average molecular weight is 413 g/mol. The van der Waals surface area contributed by atoms with Crippen molar-refractivity contribution >= 4 is 0 Å². The average Bonchev–Trinajstić information content (AvgIpc) is 3.13. The third kappa shape index (κ3) is 7.77. The SMILES string of the molecule is CCCCCCCCN(CCCCCCCC)n1nnc(-c2ccccc2C)c1C. The largest absolute Gasteiger partial charge is 0.295 e. The number of nitrogens with zero attached hydrogens (tertiary/aromatic N) is 4. The van der Waals surface area contributed by atoms with E-state index < -0.39 is 0 Å². The molecule has 4 nitrogen and oxygen atoms in total. The monoisotopic (exact) mass is 412 g/mol. The van der Waals surface area contributed by atoms with Crippen LogP contribution in [-0.2, 0) is 0 Å². The molecule has 0 aliphatic heterocycles. The minimum absolute atomic E-state index is 1.02. The Morgan fingerprint density at radius 3 is 1.83 bits per heavy atom. The number of rotatable bonds is 16. The van der Waals surface area contributed by atoms with E-state index in [-0.39, 0.29) is 0 Å². The molecule has 0 saturated carbocycles. The molecule has 168 valence electrons. The number of aryl methyl sites for hydroxylation is 1. The quantitative estimate of drug-likeness (QED) is 0.273. The van der Waals surface area contributed by atoms with Gasteiger partial charge in [-0.3, -0.25) is 5.01 Å². The van der Waals surface area contributed by atoms with Gasteiger partial charge in [-0.15, -0.1) is 5.10 Å². The zero-order valence-corrected chi connectivity index (χ0v) is 20.0. The van der Waals surface area contributed by atoms with Crippen molar-refractivity contribution in [2.45, 2.75) is 105 Å². The molecule has 0 unspecified atom stereocenters. The van der Waals surface area contributed by atoms with E-state index in [4.69, 9.17) is 0 Å². The number of benzene rings is 1. The highest BCUT2D eigenvalue weighted by atomic mass is 15.7. The first-order chi connectivity index (χ1) is 14.7. The molecule has 30 heavy (non-hydrogen) atoms. The Hall–Kier alpha value is -1.84. The van der Waals surface area contributed by atoms with Crippen LogP contribution in [0.4, 0.5) is 0 Å². The second-order valence-electron chi connectivity index (χ2n) is 8.72. The lowest BCUT2D eigenvalue weighted by molar-refractivity contribution is 0.464. The fourth-order valence-corrected chi connectivity index (χ4v) is 4.13. The molecule has 1 heterocycles. The van der Waals surface area contributed by atoms with E-state index in [1.165, 1.54) is 88.2 Å². The van der Waals surface area contributed by atoms with Crippen molar-refractivity contribution in [2.75, 3.05) is 18.1 Å². The lowest BCUT2D eigenvalue weighted by Gasteiger charge is -2.25. The summed E-state index contributed by atoms with van der Waals surface area (Å²) in [4.78, 5) is 2.08. The maximum atomic E-state index is 4.58. The van der Waals surface area contributed by atoms with Crippen LogP contribution >= 0.6 is 0 Å². The highest BCUT2D eigenvalue weighted by Gasteiger charge is 2.16. The zero-order valence-electron chi connectivity index (χ0n) is 20.0. The summed E-state index contributed by atoms with van der Waals surface area (Å²) < 4.78 is 0. The second kappa shape index (κ2) is 14.2. The van der Waals surface area contributed by atoms with Crippen LogP contribution in [-0.4, -0.2) is 28.2 Å². The molecule has 0 amide bonds. The molecule has 0 atom stereocenters. The summed E-state index contributed by atoms with van der Waals surface area (Å²) in [6.45, 7) is 11.0. The maximum Gasteiger partial charge on any atom is 0.118 e. The van der Waals surface area contributed by atoms with Gasteiger partial charge in [0.05, 0.1) is 5.69 Å². The predicted molar refractivity (Wildman–Crippen MR) is 130 cm³/mol. The fourth-order valence-electron chi connectivity index (χ4n) is 4.13. The van der Waals surface area contributed by atoms with E-state index in [0.29, 0.717) is 0 Å². The molecule has 0 spiro atoms. The molecule has 1 aromatic carbocycles. The summed E-state index contributed by atoms with van der Waals surface area (Å²) in [7, 11) is 0. The molecule has 0 aliphatic carbocycles. The molecule has 0 saturated heterocycles. The van der Waals surface area contributed by atoms with Crippen molar-refractivity contribution in [3.8, 4) is 11.3 Å². The standard InChI is InChI=1S/C26H44N4/c1-5-7-9-11-13-17-21-29(22-18-14-12-10-8-6-2)30-24(4)26(27-28-30)25-20-16-15-19-23(25)3/h15-16,19-20H,5-14,17-18,21-22H2,1-4H3. The first kappa shape index (κ1) is 24.4. The van der Waals surface area contributed by atoms with Gasteiger partial charge < -0.3 is 0 Å². The van der Waals surface area contributed by atoms with Gasteiger partial charge in [0.25, 0.3) is 0 Å². The predicted octanol–water partition coefficient (Wildman–Crippen LogP) is 7.22. The van der Waals surface area contributed by atoms with E-state index in [0.717, 1.165) is 24.5 Å². The van der Waals surface area contributed by atoms with Crippen molar-refractivity contribution in [3.63, 3.8) is 0 Å². The number of unbranched alkanes of at least 4 members (excludes halogenated alkanes) is 10. The fraction of sp³-hybridized carbons (Fsp3) is 0.692. The summed E-state index contributed by atoms with van der Waals surface area (Å²) in [5.74, 6) is 0. The van der Waals surface area contributed by atoms with Gasteiger partial charge in [-0.1, -0.05) is 102 Å². The summed E-state index contributed by atoms with van der Waals surface area (Å²) in [5, 5.41) is 11.6. The maximum absolute atomic E-state index is 4.58. The van der Waals surface area contributed by atoms with Gasteiger partial charge >= 0.3 is 0 Å². The third-order valence-electron chi connectivity index (χ3n) is 6.08. The lowest BCUT2D eigenvalue weighted by Crippen LogP contribution is -2.38. The normalized spacial score (nSPS) is 11.2. The highest BCUT2D eigenvalue weighted by Crippen LogP contribution is 2.24. The molecule has 0 aliphatic rings. The van der Waals surface area contributed by atoms with Gasteiger partial charge in [-0.2, -0.15) is 4.79 Å². The molecule has 2 aromatic rings. The van der Waals surface area contributed by atoms with Crippen molar-refractivity contribution < 1.29 is 0 Å². The molecular formula is C26H44N4. The zero-order chi connectivity index (χ0) is 21.6. The Kier molecular flexibility index (Phi) is 11.6. The molecule has 4 heteroatoms. The minimum Gasteiger partial charge on any atom is -0.295 e. The first-order valence-corrected chi connectivity index (χ1v) is 12.4. The van der Waals surface area contributed by atoms with E-state index in [1.54, 1.807) is 0 Å². The smallest absolute Gasteiger partial charge is 0.118 e. The Morgan fingerprint density at radius 2 is 1.27 bits per heavy atom. The van der Waals surface area contributed by atoms with Crippen LogP contribution < -0.4 is 5.01 Å². The van der Waals surface area contributed by atoms with E-state index >= 15 is 0 Å². The van der Waals surface area contributed by atoms with Gasteiger partial charge in [0, 0.05) is 18.7 Å². The van der Waals surface area contributed by atoms with E-state index in [9.17, 15) is 0 Å². The Labute approximate surface area is 185 Å². The second-order valence-corrected chi connectivity index (χ2v) is 8.72. The number of aromatic nitrogens is 3. The van der Waals surface area contributed by atoms with Crippen molar-refractivity contribution in [3.05, 3.63) is 35.5 Å². The highest BCUT2D eigenvalue weighted by molar-refractivity contribution is 5.65. The van der Waals surface area contributed by atoms with Crippen LogP contribution in [0.15, 0.2) is 24.3 Å². The Bertz CT molecular complexity index is 691. The third-order valence-corrected chi connectivity index (χ3v) is 6.08. The molecule has 1 aromatic heterocycles. The summed E-state index contributed by atoms with van der Waals surface area (Å²) in [5.41, 5.74) is 4.62. The molecule has 0 fully saturated rings. The van der Waals surface area contributed by atoms with Crippen LogP contribution in [0.1, 0.15) is 102 Å².